The van der Waals surface area contributed by atoms with Crippen LogP contribution in [0.3, 0.4) is 0 Å². The average Bonchev–Trinajstić information content (AvgIpc) is 2.91. The highest BCUT2D eigenvalue weighted by atomic mass is 35.5. The molecule has 1 aromatic carbocycles. The number of thiophene rings is 1. The first-order valence-electron chi connectivity index (χ1n) is 5.99. The summed E-state index contributed by atoms with van der Waals surface area (Å²) in [6, 6.07) is 10.7. The van der Waals surface area contributed by atoms with Gasteiger partial charge in [0.25, 0.3) is 5.91 Å². The molecule has 2 aromatic rings. The minimum Gasteiger partial charge on any atom is -0.497 e. The summed E-state index contributed by atoms with van der Waals surface area (Å²) in [5.74, 6) is 1.37. The molecule has 1 aromatic heterocycles. The minimum atomic E-state index is -0.139. The van der Waals surface area contributed by atoms with E-state index >= 15 is 0 Å². The van der Waals surface area contributed by atoms with Crippen LogP contribution in [0, 0.1) is 0 Å². The summed E-state index contributed by atoms with van der Waals surface area (Å²) >= 11 is 7.03. The molecule has 6 heteroatoms. The molecule has 2 rings (SSSR count). The van der Waals surface area contributed by atoms with Crippen molar-refractivity contribution in [2.45, 2.75) is 0 Å². The Hall–Kier alpha value is -1.72. The number of hydrogen-bond acceptors (Lipinski definition) is 4. The lowest BCUT2D eigenvalue weighted by Gasteiger charge is -2.07. The maximum Gasteiger partial charge on any atom is 0.261 e. The lowest BCUT2D eigenvalue weighted by Crippen LogP contribution is -2.27. The fourth-order valence-corrected chi connectivity index (χ4v) is 2.49. The molecule has 0 saturated heterocycles. The maximum absolute atomic E-state index is 11.7. The van der Waals surface area contributed by atoms with Crippen LogP contribution in [0.15, 0.2) is 36.4 Å². The third kappa shape index (κ3) is 4.15. The zero-order valence-electron chi connectivity index (χ0n) is 10.9. The third-order valence-electron chi connectivity index (χ3n) is 2.51. The van der Waals surface area contributed by atoms with Crippen LogP contribution in [0.2, 0.25) is 4.34 Å². The van der Waals surface area contributed by atoms with E-state index in [-0.39, 0.29) is 5.91 Å². The molecule has 0 atom stereocenters. The summed E-state index contributed by atoms with van der Waals surface area (Å²) in [4.78, 5) is 12.3. The van der Waals surface area contributed by atoms with E-state index in [2.05, 4.69) is 5.32 Å². The molecule has 1 amide bonds. The van der Waals surface area contributed by atoms with Crippen LogP contribution in [0.5, 0.6) is 11.5 Å². The predicted molar refractivity (Wildman–Crippen MR) is 80.2 cm³/mol. The molecule has 106 valence electrons. The van der Waals surface area contributed by atoms with Crippen LogP contribution in [-0.4, -0.2) is 26.2 Å². The molecule has 0 fully saturated rings. The van der Waals surface area contributed by atoms with Crippen LogP contribution in [-0.2, 0) is 0 Å². The number of benzene rings is 1. The van der Waals surface area contributed by atoms with Gasteiger partial charge in [-0.2, -0.15) is 0 Å². The molecule has 0 saturated carbocycles. The van der Waals surface area contributed by atoms with E-state index < -0.39 is 0 Å². The quantitative estimate of drug-likeness (QED) is 0.833. The van der Waals surface area contributed by atoms with E-state index in [9.17, 15) is 4.79 Å². The Kier molecular flexibility index (Phi) is 5.26. The van der Waals surface area contributed by atoms with Gasteiger partial charge < -0.3 is 14.8 Å². The molecular weight excluding hydrogens is 298 g/mol. The standard InChI is InChI=1S/C14H14ClNO3S/c1-18-10-2-4-11(5-3-10)19-9-8-16-14(17)12-6-7-13(15)20-12/h2-7H,8-9H2,1H3,(H,16,17). The number of nitrogens with one attached hydrogen (secondary N) is 1. The van der Waals surface area contributed by atoms with Gasteiger partial charge in [0.2, 0.25) is 0 Å². The Morgan fingerprint density at radius 3 is 2.50 bits per heavy atom. The van der Waals surface area contributed by atoms with Crippen molar-refractivity contribution in [3.63, 3.8) is 0 Å². The van der Waals surface area contributed by atoms with Gasteiger partial charge in [-0.25, -0.2) is 0 Å². The second kappa shape index (κ2) is 7.17. The van der Waals surface area contributed by atoms with Gasteiger partial charge in [-0.3, -0.25) is 4.79 Å². The van der Waals surface area contributed by atoms with Crippen LogP contribution >= 0.6 is 22.9 Å². The lowest BCUT2D eigenvalue weighted by atomic mass is 10.3. The Morgan fingerprint density at radius 1 is 1.20 bits per heavy atom. The Balaban J connectivity index is 1.72. The molecule has 20 heavy (non-hydrogen) atoms. The van der Waals surface area contributed by atoms with Crippen molar-refractivity contribution < 1.29 is 14.3 Å². The van der Waals surface area contributed by atoms with Gasteiger partial charge >= 0.3 is 0 Å². The number of ether oxygens (including phenoxy) is 2. The van der Waals surface area contributed by atoms with Gasteiger partial charge in [0.05, 0.1) is 22.9 Å². The normalized spacial score (nSPS) is 10.1. The van der Waals surface area contributed by atoms with Crippen LogP contribution in [0.4, 0.5) is 0 Å². The lowest BCUT2D eigenvalue weighted by molar-refractivity contribution is 0.0951. The molecular formula is C14H14ClNO3S. The van der Waals surface area contributed by atoms with Gasteiger partial charge in [0.15, 0.2) is 0 Å². The highest BCUT2D eigenvalue weighted by Crippen LogP contribution is 2.21. The Bertz CT molecular complexity index is 568. The van der Waals surface area contributed by atoms with Crippen LogP contribution < -0.4 is 14.8 Å². The monoisotopic (exact) mass is 311 g/mol. The first-order chi connectivity index (χ1) is 9.69. The number of rotatable bonds is 6. The SMILES string of the molecule is COc1ccc(OCCNC(=O)c2ccc(Cl)s2)cc1. The highest BCUT2D eigenvalue weighted by Gasteiger charge is 2.07. The summed E-state index contributed by atoms with van der Waals surface area (Å²) in [6.07, 6.45) is 0. The number of amides is 1. The molecule has 0 aliphatic carbocycles. The summed E-state index contributed by atoms with van der Waals surface area (Å²) < 4.78 is 11.2. The van der Waals surface area contributed by atoms with Crippen molar-refractivity contribution in [3.05, 3.63) is 45.6 Å². The van der Waals surface area contributed by atoms with Crippen molar-refractivity contribution in [1.82, 2.24) is 5.32 Å². The zero-order chi connectivity index (χ0) is 14.4. The van der Waals surface area contributed by atoms with E-state index in [0.29, 0.717) is 22.4 Å². The summed E-state index contributed by atoms with van der Waals surface area (Å²) in [7, 11) is 1.61. The number of hydrogen-bond donors (Lipinski definition) is 1. The van der Waals surface area contributed by atoms with E-state index in [4.69, 9.17) is 21.1 Å². The second-order valence-corrected chi connectivity index (χ2v) is 5.60. The van der Waals surface area contributed by atoms with Gasteiger partial charge in [-0.05, 0) is 36.4 Å². The van der Waals surface area contributed by atoms with Gasteiger partial charge in [-0.15, -0.1) is 11.3 Å². The van der Waals surface area contributed by atoms with Gasteiger partial charge in [-0.1, -0.05) is 11.6 Å². The molecule has 1 heterocycles. The van der Waals surface area contributed by atoms with E-state index in [0.717, 1.165) is 11.5 Å². The smallest absolute Gasteiger partial charge is 0.261 e. The van der Waals surface area contributed by atoms with Gasteiger partial charge in [0.1, 0.15) is 18.1 Å². The summed E-state index contributed by atoms with van der Waals surface area (Å²) in [5.41, 5.74) is 0. The molecule has 0 bridgehead atoms. The van der Waals surface area contributed by atoms with Crippen LogP contribution in [0.25, 0.3) is 0 Å². The number of methoxy groups -OCH3 is 1. The molecule has 0 spiro atoms. The fraction of sp³-hybridized carbons (Fsp3) is 0.214. The molecule has 0 radical (unpaired) electrons. The number of halogens is 1. The number of carbonyl (C=O) groups is 1. The molecule has 1 N–H and O–H groups in total. The average molecular weight is 312 g/mol. The van der Waals surface area contributed by atoms with E-state index in [1.165, 1.54) is 11.3 Å². The topological polar surface area (TPSA) is 47.6 Å². The predicted octanol–water partition coefficient (Wildman–Crippen LogP) is 3.22. The summed E-state index contributed by atoms with van der Waals surface area (Å²) in [6.45, 7) is 0.831. The molecule has 0 unspecified atom stereocenters. The van der Waals surface area contributed by atoms with Crippen molar-refractivity contribution in [2.75, 3.05) is 20.3 Å². The van der Waals surface area contributed by atoms with E-state index in [1.807, 2.05) is 24.3 Å². The van der Waals surface area contributed by atoms with Crippen molar-refractivity contribution in [2.24, 2.45) is 0 Å². The fourth-order valence-electron chi connectivity index (χ4n) is 1.53. The van der Waals surface area contributed by atoms with Crippen LogP contribution in [0.1, 0.15) is 9.67 Å². The molecule has 4 nitrogen and oxygen atoms in total. The molecule has 0 aliphatic heterocycles. The Labute approximate surface area is 126 Å². The Morgan fingerprint density at radius 2 is 1.90 bits per heavy atom. The van der Waals surface area contributed by atoms with Crippen molar-refractivity contribution >= 4 is 28.8 Å². The van der Waals surface area contributed by atoms with Gasteiger partial charge in [0, 0.05) is 0 Å². The highest BCUT2D eigenvalue weighted by molar-refractivity contribution is 7.17. The number of carbonyl (C=O) groups excluding carboxylic acids is 1. The van der Waals surface area contributed by atoms with Crippen molar-refractivity contribution in [3.8, 4) is 11.5 Å². The largest absolute Gasteiger partial charge is 0.497 e. The first kappa shape index (κ1) is 14.7. The second-order valence-electron chi connectivity index (χ2n) is 3.88. The maximum atomic E-state index is 11.7. The van der Waals surface area contributed by atoms with E-state index in [1.54, 1.807) is 19.2 Å². The zero-order valence-corrected chi connectivity index (χ0v) is 12.5. The van der Waals surface area contributed by atoms with Crippen molar-refractivity contribution in [1.29, 1.82) is 0 Å². The minimum absolute atomic E-state index is 0.139. The molecule has 0 aliphatic rings. The third-order valence-corrected chi connectivity index (χ3v) is 3.74. The first-order valence-corrected chi connectivity index (χ1v) is 7.19. The summed E-state index contributed by atoms with van der Waals surface area (Å²) in [5, 5.41) is 2.77.